The molecule has 2 saturated heterocycles. The second-order valence-corrected chi connectivity index (χ2v) is 6.85. The number of H-pyrrole nitrogens is 1. The molecule has 6 nitrogen and oxygen atoms in total. The first-order valence-corrected chi connectivity index (χ1v) is 8.38. The number of rotatable bonds is 2. The molecule has 0 radical (unpaired) electrons. The number of carbonyl (C=O) groups is 2. The quantitative estimate of drug-likeness (QED) is 0.867. The van der Waals surface area contributed by atoms with Gasteiger partial charge >= 0.3 is 0 Å². The average molecular weight is 326 g/mol. The van der Waals surface area contributed by atoms with Crippen LogP contribution in [0.15, 0.2) is 30.5 Å². The summed E-state index contributed by atoms with van der Waals surface area (Å²) in [6.45, 7) is 1.42. The molecule has 2 aromatic rings. The van der Waals surface area contributed by atoms with Gasteiger partial charge in [0.15, 0.2) is 0 Å². The monoisotopic (exact) mass is 326 g/mol. The third kappa shape index (κ3) is 2.29. The summed E-state index contributed by atoms with van der Waals surface area (Å²) >= 11 is 0. The van der Waals surface area contributed by atoms with Crippen molar-refractivity contribution in [1.29, 1.82) is 0 Å². The molecule has 1 aromatic carbocycles. The van der Waals surface area contributed by atoms with Crippen molar-refractivity contribution in [2.24, 2.45) is 5.92 Å². The third-order valence-electron chi connectivity index (χ3n) is 5.58. The van der Waals surface area contributed by atoms with Crippen LogP contribution in [-0.4, -0.2) is 65.9 Å². The Morgan fingerprint density at radius 2 is 2.08 bits per heavy atom. The highest BCUT2D eigenvalue weighted by Gasteiger charge is 2.47. The van der Waals surface area contributed by atoms with Crippen molar-refractivity contribution >= 4 is 22.7 Å². The first kappa shape index (κ1) is 15.2. The highest BCUT2D eigenvalue weighted by Crippen LogP contribution is 2.35. The molecule has 2 aliphatic rings. The van der Waals surface area contributed by atoms with Gasteiger partial charge in [0.2, 0.25) is 5.91 Å². The molecule has 126 valence electrons. The fourth-order valence-electron chi connectivity index (χ4n) is 4.22. The zero-order valence-corrected chi connectivity index (χ0v) is 14.0. The van der Waals surface area contributed by atoms with E-state index < -0.39 is 0 Å². The van der Waals surface area contributed by atoms with Gasteiger partial charge in [-0.05, 0) is 43.7 Å². The van der Waals surface area contributed by atoms with Gasteiger partial charge in [-0.2, -0.15) is 0 Å². The highest BCUT2D eigenvalue weighted by atomic mass is 16.2. The zero-order chi connectivity index (χ0) is 16.8. The minimum Gasteiger partial charge on any atom is -0.361 e. The number of carbonyl (C=O) groups excluding carboxylic acids is 2. The Labute approximate surface area is 140 Å². The average Bonchev–Trinajstić information content (AvgIpc) is 3.28. The molecule has 3 heterocycles. The van der Waals surface area contributed by atoms with Crippen molar-refractivity contribution in [3.8, 4) is 0 Å². The van der Waals surface area contributed by atoms with Crippen LogP contribution in [-0.2, 0) is 4.79 Å². The van der Waals surface area contributed by atoms with Gasteiger partial charge in [-0.1, -0.05) is 0 Å². The van der Waals surface area contributed by atoms with E-state index in [2.05, 4.69) is 15.2 Å². The number of aromatic amines is 1. The minimum atomic E-state index is -0.0709. The molecule has 2 N–H and O–H groups in total. The van der Waals surface area contributed by atoms with E-state index in [0.29, 0.717) is 12.5 Å². The van der Waals surface area contributed by atoms with Crippen LogP contribution in [0.2, 0.25) is 0 Å². The summed E-state index contributed by atoms with van der Waals surface area (Å²) in [6, 6.07) is 7.96. The van der Waals surface area contributed by atoms with E-state index in [1.54, 1.807) is 7.05 Å². The van der Waals surface area contributed by atoms with Crippen molar-refractivity contribution in [2.45, 2.75) is 18.5 Å². The number of benzene rings is 1. The maximum absolute atomic E-state index is 12.8. The van der Waals surface area contributed by atoms with Gasteiger partial charge in [0.25, 0.3) is 5.91 Å². The van der Waals surface area contributed by atoms with E-state index in [9.17, 15) is 9.59 Å². The number of likely N-dealkylation sites (tertiary alicyclic amines) is 2. The molecule has 24 heavy (non-hydrogen) atoms. The van der Waals surface area contributed by atoms with Gasteiger partial charge in [-0.25, -0.2) is 0 Å². The largest absolute Gasteiger partial charge is 0.361 e. The molecule has 4 rings (SSSR count). The number of hydrogen-bond acceptors (Lipinski definition) is 3. The first-order chi connectivity index (χ1) is 11.6. The van der Waals surface area contributed by atoms with E-state index in [1.165, 1.54) is 0 Å². The van der Waals surface area contributed by atoms with Crippen LogP contribution in [0.25, 0.3) is 10.9 Å². The predicted molar refractivity (Wildman–Crippen MR) is 91.7 cm³/mol. The summed E-state index contributed by atoms with van der Waals surface area (Å²) in [5.41, 5.74) is 1.77. The summed E-state index contributed by atoms with van der Waals surface area (Å²) < 4.78 is 0. The molecule has 2 amide bonds. The Kier molecular flexibility index (Phi) is 3.57. The molecular weight excluding hydrogens is 304 g/mol. The third-order valence-corrected chi connectivity index (χ3v) is 5.58. The van der Waals surface area contributed by atoms with E-state index in [-0.39, 0.29) is 23.9 Å². The molecule has 1 aromatic heterocycles. The van der Waals surface area contributed by atoms with Crippen LogP contribution >= 0.6 is 0 Å². The Hall–Kier alpha value is -2.34. The van der Waals surface area contributed by atoms with Crippen LogP contribution in [0.1, 0.15) is 16.8 Å². The molecule has 0 spiro atoms. The number of aromatic nitrogens is 1. The Balaban J connectivity index is 1.50. The molecule has 3 atom stereocenters. The van der Waals surface area contributed by atoms with Crippen LogP contribution in [0.3, 0.4) is 0 Å². The lowest BCUT2D eigenvalue weighted by Crippen LogP contribution is -2.45. The second kappa shape index (κ2) is 5.63. The lowest BCUT2D eigenvalue weighted by molar-refractivity contribution is -0.125. The number of amides is 2. The standard InChI is InChI=1S/C18H22N4O2/c1-19-17(23)15-8-13-9-22(10-16(13)21(15)2)18(24)12-3-4-14-11(7-12)5-6-20-14/h3-7,13,15-16,20H,8-10H2,1-2H3,(H,19,23)/t13-,15-,16+/m1/s1. The molecule has 6 heteroatoms. The summed E-state index contributed by atoms with van der Waals surface area (Å²) in [7, 11) is 3.67. The number of likely N-dealkylation sites (N-methyl/N-ethyl adjacent to an activating group) is 2. The maximum atomic E-state index is 12.8. The smallest absolute Gasteiger partial charge is 0.253 e. The van der Waals surface area contributed by atoms with Crippen molar-refractivity contribution in [1.82, 2.24) is 20.1 Å². The lowest BCUT2D eigenvalue weighted by Gasteiger charge is -2.25. The maximum Gasteiger partial charge on any atom is 0.253 e. The fraction of sp³-hybridized carbons (Fsp3) is 0.444. The predicted octanol–water partition coefficient (Wildman–Crippen LogP) is 1.06. The Morgan fingerprint density at radius 3 is 2.83 bits per heavy atom. The molecule has 0 saturated carbocycles. The molecule has 0 bridgehead atoms. The van der Waals surface area contributed by atoms with Crippen molar-refractivity contribution in [3.05, 3.63) is 36.0 Å². The van der Waals surface area contributed by atoms with E-state index in [4.69, 9.17) is 0 Å². The molecule has 2 aliphatic heterocycles. The summed E-state index contributed by atoms with van der Waals surface area (Å²) in [4.78, 5) is 32.0. The van der Waals surface area contributed by atoms with Crippen LogP contribution in [0.5, 0.6) is 0 Å². The topological polar surface area (TPSA) is 68.4 Å². The van der Waals surface area contributed by atoms with E-state index in [1.807, 2.05) is 42.4 Å². The zero-order valence-electron chi connectivity index (χ0n) is 14.0. The summed E-state index contributed by atoms with van der Waals surface area (Å²) in [5, 5.41) is 3.79. The highest BCUT2D eigenvalue weighted by molar-refractivity contribution is 5.98. The number of fused-ring (bicyclic) bond motifs is 2. The number of nitrogens with zero attached hydrogens (tertiary/aromatic N) is 2. The van der Waals surface area contributed by atoms with Gasteiger partial charge in [0.05, 0.1) is 6.04 Å². The first-order valence-electron chi connectivity index (χ1n) is 8.38. The van der Waals surface area contributed by atoms with Gasteiger partial charge in [-0.15, -0.1) is 0 Å². The van der Waals surface area contributed by atoms with Gasteiger partial charge in [-0.3, -0.25) is 14.5 Å². The number of nitrogens with one attached hydrogen (secondary N) is 2. The second-order valence-electron chi connectivity index (χ2n) is 6.85. The summed E-state index contributed by atoms with van der Waals surface area (Å²) in [5.74, 6) is 0.525. The van der Waals surface area contributed by atoms with Gasteiger partial charge in [0, 0.05) is 48.8 Å². The normalized spacial score (nSPS) is 26.8. The van der Waals surface area contributed by atoms with Crippen molar-refractivity contribution < 1.29 is 9.59 Å². The molecule has 2 fully saturated rings. The van der Waals surface area contributed by atoms with Crippen molar-refractivity contribution in [2.75, 3.05) is 27.2 Å². The van der Waals surface area contributed by atoms with Crippen LogP contribution in [0.4, 0.5) is 0 Å². The van der Waals surface area contributed by atoms with Crippen LogP contribution in [0, 0.1) is 5.92 Å². The van der Waals surface area contributed by atoms with E-state index in [0.717, 1.165) is 29.4 Å². The van der Waals surface area contributed by atoms with E-state index >= 15 is 0 Å². The Morgan fingerprint density at radius 1 is 1.25 bits per heavy atom. The SMILES string of the molecule is CNC(=O)[C@H]1C[C@@H]2CN(C(=O)c3ccc4[nH]ccc4c3)C[C@@H]2N1C. The lowest BCUT2D eigenvalue weighted by atomic mass is 10.0. The van der Waals surface area contributed by atoms with Crippen LogP contribution < -0.4 is 5.32 Å². The van der Waals surface area contributed by atoms with Gasteiger partial charge in [0.1, 0.15) is 0 Å². The summed E-state index contributed by atoms with van der Waals surface area (Å²) in [6.07, 6.45) is 2.70. The Bertz CT molecular complexity index is 799. The molecule has 0 aliphatic carbocycles. The fourth-order valence-corrected chi connectivity index (χ4v) is 4.22. The molecular formula is C18H22N4O2. The molecule has 0 unspecified atom stereocenters. The number of hydrogen-bond donors (Lipinski definition) is 2. The van der Waals surface area contributed by atoms with Crippen molar-refractivity contribution in [3.63, 3.8) is 0 Å². The van der Waals surface area contributed by atoms with Gasteiger partial charge < -0.3 is 15.2 Å². The minimum absolute atomic E-state index is 0.0709.